The first kappa shape index (κ1) is 17.6. The number of benzene rings is 1. The Morgan fingerprint density at radius 3 is 2.75 bits per heavy atom. The van der Waals surface area contributed by atoms with Crippen molar-refractivity contribution in [2.45, 2.75) is 23.5 Å². The summed E-state index contributed by atoms with van der Waals surface area (Å²) >= 11 is 0.732. The van der Waals surface area contributed by atoms with Crippen LogP contribution in [0.15, 0.2) is 29.4 Å². The Bertz CT molecular complexity index is 798. The zero-order valence-corrected chi connectivity index (χ0v) is 13.0. The van der Waals surface area contributed by atoms with Gasteiger partial charge >= 0.3 is 6.18 Å². The van der Waals surface area contributed by atoms with Crippen LogP contribution in [0.2, 0.25) is 0 Å². The highest BCUT2D eigenvalue weighted by Gasteiger charge is 2.38. The van der Waals surface area contributed by atoms with E-state index in [1.165, 1.54) is 13.0 Å². The van der Waals surface area contributed by atoms with Crippen molar-refractivity contribution >= 4 is 23.4 Å². The number of hydrogen-bond acceptors (Lipinski definition) is 6. The number of rotatable bonds is 4. The molecule has 0 bridgehead atoms. The summed E-state index contributed by atoms with van der Waals surface area (Å²) in [6.45, 7) is 1.48. The van der Waals surface area contributed by atoms with E-state index in [1.807, 2.05) is 6.07 Å². The van der Waals surface area contributed by atoms with E-state index in [0.717, 1.165) is 11.8 Å². The monoisotopic (exact) mass is 356 g/mol. The van der Waals surface area contributed by atoms with Gasteiger partial charge in [-0.2, -0.15) is 18.4 Å². The van der Waals surface area contributed by atoms with Gasteiger partial charge in [0.2, 0.25) is 11.1 Å². The van der Waals surface area contributed by atoms with Crippen molar-refractivity contribution in [3.8, 4) is 6.07 Å². The zero-order chi connectivity index (χ0) is 17.9. The lowest BCUT2D eigenvalue weighted by Gasteiger charge is -2.12. The van der Waals surface area contributed by atoms with Crippen LogP contribution < -0.4 is 11.2 Å². The highest BCUT2D eigenvalue weighted by atomic mass is 32.2. The number of carbonyl (C=O) groups excluding carboxylic acids is 1. The summed E-state index contributed by atoms with van der Waals surface area (Å²) in [5.74, 6) is 3.48. The van der Waals surface area contributed by atoms with E-state index in [-0.39, 0.29) is 5.16 Å². The van der Waals surface area contributed by atoms with Gasteiger partial charge in [0.15, 0.2) is 0 Å². The fraction of sp³-hybridized carbons (Fsp3) is 0.231. The second-order valence-electron chi connectivity index (χ2n) is 4.62. The molecule has 0 aliphatic carbocycles. The summed E-state index contributed by atoms with van der Waals surface area (Å²) < 4.78 is 38.1. The maximum Gasteiger partial charge on any atom is 0.453 e. The summed E-state index contributed by atoms with van der Waals surface area (Å²) in [7, 11) is 0. The second-order valence-corrected chi connectivity index (χ2v) is 5.92. The second kappa shape index (κ2) is 6.79. The predicted molar refractivity (Wildman–Crippen MR) is 80.3 cm³/mol. The largest absolute Gasteiger partial charge is 0.453 e. The third-order valence-electron chi connectivity index (χ3n) is 2.83. The van der Waals surface area contributed by atoms with Crippen LogP contribution >= 0.6 is 11.8 Å². The average Bonchev–Trinajstić information content (AvgIpc) is 2.88. The molecular weight excluding hydrogens is 345 g/mol. The molecule has 1 heterocycles. The number of anilines is 1. The fourth-order valence-electron chi connectivity index (χ4n) is 1.67. The van der Waals surface area contributed by atoms with E-state index in [4.69, 9.17) is 11.1 Å². The van der Waals surface area contributed by atoms with Gasteiger partial charge in [-0.15, -0.1) is 10.2 Å². The number of amides is 1. The number of nitrogen functional groups attached to an aromatic ring is 1. The van der Waals surface area contributed by atoms with Crippen molar-refractivity contribution < 1.29 is 18.0 Å². The summed E-state index contributed by atoms with van der Waals surface area (Å²) in [5.41, 5.74) is 0.765. The molecule has 0 aliphatic heterocycles. The molecule has 0 saturated carbocycles. The molecule has 1 aromatic heterocycles. The van der Waals surface area contributed by atoms with Gasteiger partial charge in [-0.25, -0.2) is 4.68 Å². The molecule has 0 unspecified atom stereocenters. The molecule has 2 aromatic rings. The first-order valence-corrected chi connectivity index (χ1v) is 7.35. The Labute approximate surface area is 138 Å². The van der Waals surface area contributed by atoms with Crippen molar-refractivity contribution in [3.63, 3.8) is 0 Å². The van der Waals surface area contributed by atoms with Crippen LogP contribution in [0.25, 0.3) is 0 Å². The number of nitrogens with one attached hydrogen (secondary N) is 1. The molecule has 0 fully saturated rings. The summed E-state index contributed by atoms with van der Waals surface area (Å²) in [5, 5.41) is 16.7. The molecule has 11 heteroatoms. The van der Waals surface area contributed by atoms with E-state index in [9.17, 15) is 18.0 Å². The number of carbonyl (C=O) groups is 1. The lowest BCUT2D eigenvalue weighted by Crippen LogP contribution is -2.25. The van der Waals surface area contributed by atoms with E-state index < -0.39 is 23.2 Å². The number of halogens is 3. The van der Waals surface area contributed by atoms with E-state index >= 15 is 0 Å². The SMILES string of the molecule is C[C@H](Sc1nnc(C(F)(F)F)n1N)C(=O)Nc1cccc(C#N)c1. The van der Waals surface area contributed by atoms with Crippen LogP contribution in [0.4, 0.5) is 18.9 Å². The molecule has 1 atom stereocenters. The smallest absolute Gasteiger partial charge is 0.335 e. The molecule has 0 spiro atoms. The number of nitriles is 1. The first-order valence-electron chi connectivity index (χ1n) is 6.47. The van der Waals surface area contributed by atoms with Crippen LogP contribution in [-0.4, -0.2) is 26.0 Å². The molecule has 0 saturated heterocycles. The number of alkyl halides is 3. The van der Waals surface area contributed by atoms with Crippen LogP contribution in [0.1, 0.15) is 18.3 Å². The standard InChI is InChI=1S/C13H11F3N6OS/c1-7(10(23)19-9-4-2-3-8(5-9)6-17)24-12-21-20-11(22(12)18)13(14,15)16/h2-5,7H,18H2,1H3,(H,19,23)/t7-/m0/s1. The number of nitrogens with two attached hydrogens (primary N) is 1. The molecule has 24 heavy (non-hydrogen) atoms. The van der Waals surface area contributed by atoms with E-state index in [1.54, 1.807) is 18.2 Å². The van der Waals surface area contributed by atoms with Gasteiger partial charge in [0.05, 0.1) is 16.9 Å². The molecule has 3 N–H and O–H groups in total. The molecule has 0 aliphatic rings. The highest BCUT2D eigenvalue weighted by molar-refractivity contribution is 8.00. The number of hydrogen-bond donors (Lipinski definition) is 2. The minimum absolute atomic E-state index is 0.240. The van der Waals surface area contributed by atoms with Crippen molar-refractivity contribution in [1.29, 1.82) is 5.26 Å². The Kier molecular flexibility index (Phi) is 4.99. The lowest BCUT2D eigenvalue weighted by atomic mass is 10.2. The van der Waals surface area contributed by atoms with Crippen molar-refractivity contribution in [2.24, 2.45) is 0 Å². The highest BCUT2D eigenvalue weighted by Crippen LogP contribution is 2.30. The van der Waals surface area contributed by atoms with Gasteiger partial charge < -0.3 is 11.2 Å². The molecule has 126 valence electrons. The number of aromatic nitrogens is 3. The quantitative estimate of drug-likeness (QED) is 0.640. The first-order chi connectivity index (χ1) is 11.2. The van der Waals surface area contributed by atoms with Crippen molar-refractivity contribution in [2.75, 3.05) is 11.2 Å². The molecule has 1 aromatic carbocycles. The van der Waals surface area contributed by atoms with E-state index in [0.29, 0.717) is 15.9 Å². The average molecular weight is 356 g/mol. The molecule has 0 radical (unpaired) electrons. The maximum atomic E-state index is 12.6. The maximum absolute atomic E-state index is 12.6. The van der Waals surface area contributed by atoms with Gasteiger partial charge in [0.25, 0.3) is 5.82 Å². The summed E-state index contributed by atoms with van der Waals surface area (Å²) in [4.78, 5) is 12.1. The third kappa shape index (κ3) is 3.96. The minimum atomic E-state index is -4.73. The normalized spacial score (nSPS) is 12.5. The van der Waals surface area contributed by atoms with Crippen LogP contribution in [0.3, 0.4) is 0 Å². The molecule has 2 rings (SSSR count). The van der Waals surface area contributed by atoms with Gasteiger partial charge in [0.1, 0.15) is 0 Å². The van der Waals surface area contributed by atoms with Crippen LogP contribution in [-0.2, 0) is 11.0 Å². The molecule has 7 nitrogen and oxygen atoms in total. The summed E-state index contributed by atoms with van der Waals surface area (Å²) in [6, 6.07) is 8.16. The predicted octanol–water partition coefficient (Wildman–Crippen LogP) is 2.00. The zero-order valence-electron chi connectivity index (χ0n) is 12.2. The van der Waals surface area contributed by atoms with Crippen molar-refractivity contribution in [1.82, 2.24) is 14.9 Å². The van der Waals surface area contributed by atoms with Crippen LogP contribution in [0, 0.1) is 11.3 Å². The Hall–Kier alpha value is -2.74. The number of nitrogens with zero attached hydrogens (tertiary/aromatic N) is 4. The number of thioether (sulfide) groups is 1. The fourth-order valence-corrected chi connectivity index (χ4v) is 2.44. The third-order valence-corrected chi connectivity index (χ3v) is 3.89. The van der Waals surface area contributed by atoms with Gasteiger partial charge in [0, 0.05) is 5.69 Å². The van der Waals surface area contributed by atoms with Gasteiger partial charge in [-0.1, -0.05) is 17.8 Å². The topological polar surface area (TPSA) is 110 Å². The van der Waals surface area contributed by atoms with Crippen LogP contribution in [0.5, 0.6) is 0 Å². The van der Waals surface area contributed by atoms with E-state index in [2.05, 4.69) is 15.5 Å². The Morgan fingerprint density at radius 1 is 1.46 bits per heavy atom. The molecule has 1 amide bonds. The molecular formula is C13H11F3N6OS. The van der Waals surface area contributed by atoms with Crippen molar-refractivity contribution in [3.05, 3.63) is 35.7 Å². The minimum Gasteiger partial charge on any atom is -0.335 e. The van der Waals surface area contributed by atoms with Gasteiger partial charge in [-0.05, 0) is 25.1 Å². The Morgan fingerprint density at radius 2 is 2.17 bits per heavy atom. The lowest BCUT2D eigenvalue weighted by molar-refractivity contribution is -0.146. The Balaban J connectivity index is 2.07. The summed E-state index contributed by atoms with van der Waals surface area (Å²) in [6.07, 6.45) is -4.73. The van der Waals surface area contributed by atoms with Gasteiger partial charge in [-0.3, -0.25) is 4.79 Å².